The lowest BCUT2D eigenvalue weighted by Crippen LogP contribution is -2.17. The summed E-state index contributed by atoms with van der Waals surface area (Å²) in [5, 5.41) is 4.31. The third kappa shape index (κ3) is 2.92. The number of allylic oxidation sites excluding steroid dienone is 4. The van der Waals surface area contributed by atoms with Crippen LogP contribution in [0.15, 0.2) is 46.2 Å². The number of aliphatic imine (C=N–C) groups is 1. The van der Waals surface area contributed by atoms with Crippen LogP contribution in [0.3, 0.4) is 0 Å². The molecule has 1 aliphatic heterocycles. The fourth-order valence-electron chi connectivity index (χ4n) is 2.67. The molecule has 7 heteroatoms. The number of aromatic nitrogens is 4. The quantitative estimate of drug-likeness (QED) is 0.936. The van der Waals surface area contributed by atoms with Crippen LogP contribution in [0.25, 0.3) is 11.4 Å². The van der Waals surface area contributed by atoms with E-state index >= 15 is 0 Å². The zero-order valence-corrected chi connectivity index (χ0v) is 13.1. The molecule has 0 saturated carbocycles. The van der Waals surface area contributed by atoms with Gasteiger partial charge in [0, 0.05) is 12.6 Å². The van der Waals surface area contributed by atoms with Gasteiger partial charge in [-0.15, -0.1) is 5.10 Å². The number of nitrogens with one attached hydrogen (secondary N) is 1. The zero-order chi connectivity index (χ0) is 16.4. The molecule has 2 aliphatic rings. The number of ether oxygens (including phenoxy) is 1. The Morgan fingerprint density at radius 2 is 2.25 bits per heavy atom. The van der Waals surface area contributed by atoms with Crippen LogP contribution >= 0.6 is 0 Å². The molecule has 0 amide bonds. The lowest BCUT2D eigenvalue weighted by atomic mass is 10.1. The van der Waals surface area contributed by atoms with Crippen LogP contribution < -0.4 is 5.56 Å². The van der Waals surface area contributed by atoms with Crippen molar-refractivity contribution in [2.45, 2.75) is 25.9 Å². The normalized spacial score (nSPS) is 17.0. The van der Waals surface area contributed by atoms with E-state index < -0.39 is 0 Å². The molecule has 0 fully saturated rings. The topological polar surface area (TPSA) is 84.6 Å². The molecule has 2 aromatic heterocycles. The first-order valence-electron chi connectivity index (χ1n) is 7.98. The van der Waals surface area contributed by atoms with Crippen molar-refractivity contribution in [3.63, 3.8) is 0 Å². The van der Waals surface area contributed by atoms with Gasteiger partial charge in [0.05, 0.1) is 5.69 Å². The van der Waals surface area contributed by atoms with Crippen LogP contribution in [0.1, 0.15) is 30.8 Å². The second-order valence-electron chi connectivity index (χ2n) is 5.66. The van der Waals surface area contributed by atoms with Crippen molar-refractivity contribution in [3.05, 3.63) is 58.3 Å². The average Bonchev–Trinajstić information content (AvgIpc) is 3.06. The van der Waals surface area contributed by atoms with Gasteiger partial charge in [-0.3, -0.25) is 9.79 Å². The van der Waals surface area contributed by atoms with Crippen LogP contribution in [-0.4, -0.2) is 32.0 Å². The molecule has 24 heavy (non-hydrogen) atoms. The Hall–Kier alpha value is -2.96. The Morgan fingerprint density at radius 3 is 3.04 bits per heavy atom. The minimum absolute atomic E-state index is 0.228. The summed E-state index contributed by atoms with van der Waals surface area (Å²) in [6, 6.07) is 1.48. The van der Waals surface area contributed by atoms with Gasteiger partial charge in [-0.05, 0) is 30.9 Å². The summed E-state index contributed by atoms with van der Waals surface area (Å²) in [4.78, 5) is 24.1. The maximum atomic E-state index is 12.3. The number of hydrogen-bond donors (Lipinski definition) is 1. The molecule has 3 heterocycles. The Kier molecular flexibility index (Phi) is 3.82. The van der Waals surface area contributed by atoms with Gasteiger partial charge in [0.15, 0.2) is 5.82 Å². The van der Waals surface area contributed by atoms with Crippen LogP contribution in [0.5, 0.6) is 0 Å². The van der Waals surface area contributed by atoms with Crippen molar-refractivity contribution < 1.29 is 4.74 Å². The first-order valence-corrected chi connectivity index (χ1v) is 7.98. The minimum Gasteiger partial charge on any atom is -0.471 e. The summed E-state index contributed by atoms with van der Waals surface area (Å²) in [5.74, 6) is 1.60. The Labute approximate surface area is 138 Å². The highest BCUT2D eigenvalue weighted by atomic mass is 16.5. The van der Waals surface area contributed by atoms with Crippen molar-refractivity contribution in [1.29, 1.82) is 0 Å². The largest absolute Gasteiger partial charge is 0.471 e. The molecule has 0 saturated heterocycles. The van der Waals surface area contributed by atoms with E-state index in [1.54, 1.807) is 0 Å². The monoisotopic (exact) mass is 323 g/mol. The second kappa shape index (κ2) is 6.27. The summed E-state index contributed by atoms with van der Waals surface area (Å²) in [6.45, 7) is 0.973. The Balaban J connectivity index is 1.60. The standard InChI is InChI=1S/C17H17N5O2/c23-15-10-13(11-24-14-8-4-5-9-18-14)19-17-20-16(21-22(15)17)12-6-2-1-3-7-12/h1-2,4,6,8,10H,3,5,7,9,11H2,(H,19,20,21). The van der Waals surface area contributed by atoms with E-state index in [1.807, 2.05) is 24.3 Å². The van der Waals surface area contributed by atoms with Gasteiger partial charge in [0.2, 0.25) is 11.7 Å². The zero-order valence-electron chi connectivity index (χ0n) is 13.1. The maximum Gasteiger partial charge on any atom is 0.276 e. The van der Waals surface area contributed by atoms with Crippen molar-refractivity contribution >= 4 is 17.2 Å². The fraction of sp³-hybridized carbons (Fsp3) is 0.294. The maximum absolute atomic E-state index is 12.3. The molecule has 0 bridgehead atoms. The minimum atomic E-state index is -0.228. The lowest BCUT2D eigenvalue weighted by Gasteiger charge is -2.08. The third-order valence-corrected chi connectivity index (χ3v) is 3.89. The van der Waals surface area contributed by atoms with E-state index in [0.29, 0.717) is 23.2 Å². The molecule has 0 aromatic carbocycles. The van der Waals surface area contributed by atoms with E-state index in [-0.39, 0.29) is 12.2 Å². The van der Waals surface area contributed by atoms with Crippen LogP contribution in [0.2, 0.25) is 0 Å². The van der Waals surface area contributed by atoms with Crippen molar-refractivity contribution in [3.8, 4) is 0 Å². The number of H-pyrrole nitrogens is 1. The molecule has 0 spiro atoms. The van der Waals surface area contributed by atoms with Gasteiger partial charge in [-0.25, -0.2) is 0 Å². The molecule has 0 atom stereocenters. The first kappa shape index (κ1) is 14.6. The van der Waals surface area contributed by atoms with Crippen molar-refractivity contribution in [2.24, 2.45) is 4.99 Å². The summed E-state index contributed by atoms with van der Waals surface area (Å²) in [7, 11) is 0. The highest BCUT2D eigenvalue weighted by Gasteiger charge is 2.13. The fourth-order valence-corrected chi connectivity index (χ4v) is 2.67. The van der Waals surface area contributed by atoms with Crippen molar-refractivity contribution in [1.82, 2.24) is 19.6 Å². The van der Waals surface area contributed by atoms with E-state index in [2.05, 4.69) is 26.1 Å². The number of rotatable bonds is 3. The molecule has 1 aliphatic carbocycles. The lowest BCUT2D eigenvalue weighted by molar-refractivity contribution is 0.288. The Morgan fingerprint density at radius 1 is 1.29 bits per heavy atom. The highest BCUT2D eigenvalue weighted by molar-refractivity contribution is 5.88. The molecular formula is C17H17N5O2. The first-order chi connectivity index (χ1) is 11.8. The van der Waals surface area contributed by atoms with Gasteiger partial charge in [-0.2, -0.15) is 9.50 Å². The molecule has 122 valence electrons. The van der Waals surface area contributed by atoms with Crippen molar-refractivity contribution in [2.75, 3.05) is 6.54 Å². The molecule has 0 unspecified atom stereocenters. The third-order valence-electron chi connectivity index (χ3n) is 3.89. The summed E-state index contributed by atoms with van der Waals surface area (Å²) >= 11 is 0. The summed E-state index contributed by atoms with van der Waals surface area (Å²) in [5.41, 5.74) is 1.45. The molecule has 7 nitrogen and oxygen atoms in total. The van der Waals surface area contributed by atoms with Gasteiger partial charge in [0.25, 0.3) is 5.56 Å². The number of nitrogens with zero attached hydrogens (tertiary/aromatic N) is 4. The van der Waals surface area contributed by atoms with E-state index in [4.69, 9.17) is 4.74 Å². The number of fused-ring (bicyclic) bond motifs is 1. The predicted molar refractivity (Wildman–Crippen MR) is 90.8 cm³/mol. The van der Waals surface area contributed by atoms with Gasteiger partial charge >= 0.3 is 0 Å². The van der Waals surface area contributed by atoms with Gasteiger partial charge < -0.3 is 9.72 Å². The van der Waals surface area contributed by atoms with Crippen LogP contribution in [-0.2, 0) is 11.3 Å². The number of hydrogen-bond acceptors (Lipinski definition) is 5. The second-order valence-corrected chi connectivity index (χ2v) is 5.66. The molecule has 0 radical (unpaired) electrons. The smallest absolute Gasteiger partial charge is 0.276 e. The van der Waals surface area contributed by atoms with Gasteiger partial charge in [0.1, 0.15) is 6.61 Å². The van der Waals surface area contributed by atoms with E-state index in [9.17, 15) is 4.79 Å². The molecule has 4 rings (SSSR count). The predicted octanol–water partition coefficient (Wildman–Crippen LogP) is 2.03. The number of aromatic amines is 1. The van der Waals surface area contributed by atoms with Gasteiger partial charge in [-0.1, -0.05) is 24.3 Å². The highest BCUT2D eigenvalue weighted by Crippen LogP contribution is 2.20. The molecule has 1 N–H and O–H groups in total. The SMILES string of the molecule is O=c1cc(COC2=NCCC=C2)[nH]c2nc(C3=CC=CCC3)nn12. The average molecular weight is 323 g/mol. The van der Waals surface area contributed by atoms with Crippen LogP contribution in [0, 0.1) is 0 Å². The summed E-state index contributed by atoms with van der Waals surface area (Å²) in [6.07, 6.45) is 12.7. The van der Waals surface area contributed by atoms with E-state index in [0.717, 1.165) is 31.4 Å². The molecule has 2 aromatic rings. The Bertz CT molecular complexity index is 946. The number of dihydropyridines is 1. The summed E-state index contributed by atoms with van der Waals surface area (Å²) < 4.78 is 6.90. The van der Waals surface area contributed by atoms with Crippen LogP contribution in [0.4, 0.5) is 0 Å². The van der Waals surface area contributed by atoms with E-state index in [1.165, 1.54) is 10.6 Å². The molecular weight excluding hydrogens is 306 g/mol.